The Kier molecular flexibility index (Phi) is 3.54. The quantitative estimate of drug-likeness (QED) is 0.819. The van der Waals surface area contributed by atoms with Crippen LogP contribution in [-0.4, -0.2) is 12.6 Å². The third-order valence-electron chi connectivity index (χ3n) is 2.61. The molecule has 3 N–H and O–H groups in total. The zero-order chi connectivity index (χ0) is 11.4. The van der Waals surface area contributed by atoms with Crippen LogP contribution in [0.2, 0.25) is 0 Å². The van der Waals surface area contributed by atoms with E-state index in [1.54, 1.807) is 0 Å². The van der Waals surface area contributed by atoms with E-state index in [0.29, 0.717) is 0 Å². The number of nitrogens with one attached hydrogen (secondary N) is 1. The predicted octanol–water partition coefficient (Wildman–Crippen LogP) is 2.28. The van der Waals surface area contributed by atoms with Crippen molar-refractivity contribution in [3.05, 3.63) is 48.0 Å². The second-order valence-electron chi connectivity index (χ2n) is 4.29. The molecule has 0 saturated heterocycles. The van der Waals surface area contributed by atoms with Gasteiger partial charge in [0.2, 0.25) is 0 Å². The molecule has 1 unspecified atom stereocenters. The molecule has 0 heterocycles. The first-order chi connectivity index (χ1) is 7.75. The minimum absolute atomic E-state index is 0.209. The number of hydrogen-bond acceptors (Lipinski definition) is 2. The fraction of sp³-hybridized carbons (Fsp3) is 0.286. The van der Waals surface area contributed by atoms with E-state index >= 15 is 0 Å². The number of hydrogen-bond donors (Lipinski definition) is 2. The average molecular weight is 214 g/mol. The molecule has 0 fully saturated rings. The van der Waals surface area contributed by atoms with Gasteiger partial charge in [-0.15, -0.1) is 0 Å². The molecule has 2 aromatic carbocycles. The van der Waals surface area contributed by atoms with Crippen LogP contribution in [0.1, 0.15) is 12.5 Å². The second kappa shape index (κ2) is 5.10. The highest BCUT2D eigenvalue weighted by Gasteiger charge is 1.97. The summed E-state index contributed by atoms with van der Waals surface area (Å²) in [6.07, 6.45) is 0. The third-order valence-corrected chi connectivity index (χ3v) is 2.61. The maximum atomic E-state index is 5.68. The van der Waals surface area contributed by atoms with Gasteiger partial charge in [0.05, 0.1) is 0 Å². The Morgan fingerprint density at radius 2 is 1.88 bits per heavy atom. The summed E-state index contributed by atoms with van der Waals surface area (Å²) in [6.45, 7) is 3.74. The van der Waals surface area contributed by atoms with Crippen molar-refractivity contribution in [2.75, 3.05) is 6.54 Å². The third kappa shape index (κ3) is 2.81. The maximum absolute atomic E-state index is 5.68. The van der Waals surface area contributed by atoms with E-state index in [1.165, 1.54) is 16.3 Å². The van der Waals surface area contributed by atoms with E-state index in [2.05, 4.69) is 47.8 Å². The first-order valence-electron chi connectivity index (χ1n) is 5.69. The van der Waals surface area contributed by atoms with Gasteiger partial charge in [-0.3, -0.25) is 0 Å². The van der Waals surface area contributed by atoms with E-state index < -0.39 is 0 Å². The molecule has 1 atom stereocenters. The molecular formula is C14H18N2. The van der Waals surface area contributed by atoms with Crippen molar-refractivity contribution in [1.29, 1.82) is 0 Å². The highest BCUT2D eigenvalue weighted by atomic mass is 14.9. The second-order valence-corrected chi connectivity index (χ2v) is 4.29. The summed E-state index contributed by atoms with van der Waals surface area (Å²) < 4.78 is 0. The Morgan fingerprint density at radius 1 is 1.12 bits per heavy atom. The van der Waals surface area contributed by atoms with Crippen molar-refractivity contribution in [1.82, 2.24) is 5.32 Å². The zero-order valence-corrected chi connectivity index (χ0v) is 9.61. The molecule has 0 amide bonds. The molecule has 2 rings (SSSR count). The summed E-state index contributed by atoms with van der Waals surface area (Å²) in [5, 5.41) is 5.93. The van der Waals surface area contributed by atoms with E-state index in [4.69, 9.17) is 5.73 Å². The number of rotatable bonds is 4. The monoisotopic (exact) mass is 214 g/mol. The van der Waals surface area contributed by atoms with E-state index in [1.807, 2.05) is 6.92 Å². The topological polar surface area (TPSA) is 38.0 Å². The lowest BCUT2D eigenvalue weighted by Gasteiger charge is -2.08. The Bertz CT molecular complexity index is 463. The van der Waals surface area contributed by atoms with E-state index in [0.717, 1.165) is 13.1 Å². The van der Waals surface area contributed by atoms with Gasteiger partial charge in [-0.25, -0.2) is 0 Å². The average Bonchev–Trinajstić information content (AvgIpc) is 2.28. The molecule has 0 bridgehead atoms. The van der Waals surface area contributed by atoms with Crippen LogP contribution in [0.4, 0.5) is 0 Å². The van der Waals surface area contributed by atoms with Crippen molar-refractivity contribution >= 4 is 10.8 Å². The smallest absolute Gasteiger partial charge is 0.0206 e. The molecule has 2 nitrogen and oxygen atoms in total. The van der Waals surface area contributed by atoms with Crippen molar-refractivity contribution in [3.63, 3.8) is 0 Å². The van der Waals surface area contributed by atoms with Crippen LogP contribution in [0.15, 0.2) is 42.5 Å². The summed E-state index contributed by atoms with van der Waals surface area (Å²) in [7, 11) is 0. The molecule has 0 spiro atoms. The lowest BCUT2D eigenvalue weighted by atomic mass is 10.1. The van der Waals surface area contributed by atoms with Gasteiger partial charge >= 0.3 is 0 Å². The van der Waals surface area contributed by atoms with Crippen molar-refractivity contribution < 1.29 is 0 Å². The molecule has 0 aliphatic rings. The van der Waals surface area contributed by atoms with Gasteiger partial charge in [-0.05, 0) is 29.3 Å². The summed E-state index contributed by atoms with van der Waals surface area (Å²) in [5.41, 5.74) is 6.99. The van der Waals surface area contributed by atoms with Crippen molar-refractivity contribution in [2.24, 2.45) is 5.73 Å². The highest BCUT2D eigenvalue weighted by Crippen LogP contribution is 2.15. The van der Waals surface area contributed by atoms with Crippen LogP contribution < -0.4 is 11.1 Å². The largest absolute Gasteiger partial charge is 0.327 e. The molecule has 2 heteroatoms. The fourth-order valence-electron chi connectivity index (χ4n) is 1.79. The molecule has 16 heavy (non-hydrogen) atoms. The number of fused-ring (bicyclic) bond motifs is 1. The molecule has 0 aromatic heterocycles. The van der Waals surface area contributed by atoms with Gasteiger partial charge in [0.1, 0.15) is 0 Å². The minimum Gasteiger partial charge on any atom is -0.327 e. The standard InChI is InChI=1S/C14H18N2/c1-11(15)9-16-10-12-6-7-13-4-2-3-5-14(13)8-12/h2-8,11,16H,9-10,15H2,1H3. The summed E-state index contributed by atoms with van der Waals surface area (Å²) in [6, 6.07) is 15.2. The first-order valence-corrected chi connectivity index (χ1v) is 5.69. The van der Waals surface area contributed by atoms with Crippen molar-refractivity contribution in [2.45, 2.75) is 19.5 Å². The summed E-state index contributed by atoms with van der Waals surface area (Å²) >= 11 is 0. The number of nitrogens with two attached hydrogens (primary N) is 1. The van der Waals surface area contributed by atoms with E-state index in [9.17, 15) is 0 Å². The highest BCUT2D eigenvalue weighted by molar-refractivity contribution is 5.82. The van der Waals surface area contributed by atoms with Gasteiger partial charge in [-0.1, -0.05) is 36.4 Å². The minimum atomic E-state index is 0.209. The summed E-state index contributed by atoms with van der Waals surface area (Å²) in [4.78, 5) is 0. The fourth-order valence-corrected chi connectivity index (χ4v) is 1.79. The van der Waals surface area contributed by atoms with Gasteiger partial charge in [0, 0.05) is 19.1 Å². The predicted molar refractivity (Wildman–Crippen MR) is 69.3 cm³/mol. The Hall–Kier alpha value is -1.38. The SMILES string of the molecule is CC(N)CNCc1ccc2ccccc2c1. The molecule has 2 aromatic rings. The Labute approximate surface area is 96.5 Å². The molecule has 0 aliphatic carbocycles. The van der Waals surface area contributed by atoms with Crippen LogP contribution in [0.3, 0.4) is 0 Å². The van der Waals surface area contributed by atoms with Gasteiger partial charge in [-0.2, -0.15) is 0 Å². The number of benzene rings is 2. The molecule has 0 saturated carbocycles. The molecule has 84 valence electrons. The Morgan fingerprint density at radius 3 is 2.62 bits per heavy atom. The molecule has 0 radical (unpaired) electrons. The Balaban J connectivity index is 2.08. The summed E-state index contributed by atoms with van der Waals surface area (Å²) in [5.74, 6) is 0. The zero-order valence-electron chi connectivity index (χ0n) is 9.61. The lowest BCUT2D eigenvalue weighted by molar-refractivity contribution is 0.609. The van der Waals surface area contributed by atoms with Crippen LogP contribution >= 0.6 is 0 Å². The van der Waals surface area contributed by atoms with Gasteiger partial charge < -0.3 is 11.1 Å². The van der Waals surface area contributed by atoms with Gasteiger partial charge in [0.25, 0.3) is 0 Å². The lowest BCUT2D eigenvalue weighted by Crippen LogP contribution is -2.30. The maximum Gasteiger partial charge on any atom is 0.0206 e. The van der Waals surface area contributed by atoms with Crippen LogP contribution in [-0.2, 0) is 6.54 Å². The van der Waals surface area contributed by atoms with Crippen LogP contribution in [0.25, 0.3) is 10.8 Å². The van der Waals surface area contributed by atoms with Gasteiger partial charge in [0.15, 0.2) is 0 Å². The normalized spacial score (nSPS) is 12.9. The van der Waals surface area contributed by atoms with Crippen LogP contribution in [0, 0.1) is 0 Å². The first kappa shape index (κ1) is 11.1. The van der Waals surface area contributed by atoms with Crippen LogP contribution in [0.5, 0.6) is 0 Å². The molecular weight excluding hydrogens is 196 g/mol. The molecule has 0 aliphatic heterocycles. The van der Waals surface area contributed by atoms with E-state index in [-0.39, 0.29) is 6.04 Å². The van der Waals surface area contributed by atoms with Crippen molar-refractivity contribution in [3.8, 4) is 0 Å².